The van der Waals surface area contributed by atoms with Gasteiger partial charge in [-0.15, -0.1) is 0 Å². The van der Waals surface area contributed by atoms with Crippen molar-refractivity contribution in [1.82, 2.24) is 9.47 Å². The van der Waals surface area contributed by atoms with Crippen molar-refractivity contribution in [3.8, 4) is 5.75 Å². The van der Waals surface area contributed by atoms with Crippen LogP contribution in [0.4, 0.5) is 0 Å². The number of phenolic OH excluding ortho intramolecular Hbond substituents is 1. The Kier molecular flexibility index (Phi) is 5.61. The summed E-state index contributed by atoms with van der Waals surface area (Å²) in [7, 11) is 4.09. The van der Waals surface area contributed by atoms with Crippen LogP contribution in [0.3, 0.4) is 0 Å². The van der Waals surface area contributed by atoms with Crippen molar-refractivity contribution in [2.24, 2.45) is 0 Å². The van der Waals surface area contributed by atoms with E-state index in [-0.39, 0.29) is 6.79 Å². The first-order valence-corrected chi connectivity index (χ1v) is 7.23. The summed E-state index contributed by atoms with van der Waals surface area (Å²) in [4.78, 5) is 2.13. The fourth-order valence-electron chi connectivity index (χ4n) is 2.34. The molecule has 1 aromatic carbocycles. The van der Waals surface area contributed by atoms with Crippen LogP contribution in [0.15, 0.2) is 24.4 Å². The van der Waals surface area contributed by atoms with E-state index in [1.165, 1.54) is 0 Å². The Morgan fingerprint density at radius 1 is 1.24 bits per heavy atom. The zero-order chi connectivity index (χ0) is 15.2. The number of hydrogen-bond acceptors (Lipinski definition) is 4. The number of fused-ring (bicyclic) bond motifs is 1. The van der Waals surface area contributed by atoms with E-state index < -0.39 is 0 Å². The van der Waals surface area contributed by atoms with Crippen LogP contribution in [-0.2, 0) is 22.6 Å². The molecule has 5 heteroatoms. The van der Waals surface area contributed by atoms with Crippen molar-refractivity contribution in [3.05, 3.63) is 30.0 Å². The van der Waals surface area contributed by atoms with Gasteiger partial charge in [-0.3, -0.25) is 0 Å². The lowest BCUT2D eigenvalue weighted by Gasteiger charge is -2.08. The molecule has 2 aromatic rings. The predicted molar refractivity (Wildman–Crippen MR) is 83.4 cm³/mol. The van der Waals surface area contributed by atoms with E-state index in [2.05, 4.69) is 11.1 Å². The number of hydrogen-bond donors (Lipinski definition) is 1. The van der Waals surface area contributed by atoms with Crippen molar-refractivity contribution in [2.75, 3.05) is 34.0 Å². The highest BCUT2D eigenvalue weighted by Gasteiger charge is 2.12. The molecule has 0 bridgehead atoms. The van der Waals surface area contributed by atoms with E-state index in [4.69, 9.17) is 9.47 Å². The molecule has 0 atom stereocenters. The molecule has 0 radical (unpaired) electrons. The molecule has 0 aliphatic rings. The Labute approximate surface area is 125 Å². The fraction of sp³-hybridized carbons (Fsp3) is 0.500. The molecule has 5 nitrogen and oxygen atoms in total. The van der Waals surface area contributed by atoms with Gasteiger partial charge in [0.2, 0.25) is 0 Å². The predicted octanol–water partition coefficient (Wildman–Crippen LogP) is 2.42. The minimum Gasteiger partial charge on any atom is -0.507 e. The smallest absolute Gasteiger partial charge is 0.149 e. The summed E-state index contributed by atoms with van der Waals surface area (Å²) in [5.74, 6) is 0.324. The van der Waals surface area contributed by atoms with Crippen LogP contribution in [0.1, 0.15) is 12.5 Å². The molecule has 0 aliphatic carbocycles. The van der Waals surface area contributed by atoms with Gasteiger partial charge in [-0.25, -0.2) is 0 Å². The largest absolute Gasteiger partial charge is 0.507 e. The molecule has 1 N–H and O–H groups in total. The van der Waals surface area contributed by atoms with Gasteiger partial charge in [0.15, 0.2) is 0 Å². The maximum atomic E-state index is 10.1. The van der Waals surface area contributed by atoms with Crippen molar-refractivity contribution in [2.45, 2.75) is 20.1 Å². The van der Waals surface area contributed by atoms with Crippen LogP contribution in [0, 0.1) is 0 Å². The summed E-state index contributed by atoms with van der Waals surface area (Å²) in [5, 5.41) is 11.1. The molecule has 0 aliphatic heterocycles. The lowest BCUT2D eigenvalue weighted by molar-refractivity contribution is -0.0739. The molecular weight excluding hydrogens is 268 g/mol. The first kappa shape index (κ1) is 15.8. The molecule has 0 fully saturated rings. The van der Waals surface area contributed by atoms with Crippen LogP contribution in [0.25, 0.3) is 10.9 Å². The minimum atomic E-state index is 0.280. The summed E-state index contributed by atoms with van der Waals surface area (Å²) < 4.78 is 12.7. The van der Waals surface area contributed by atoms with Crippen LogP contribution >= 0.6 is 0 Å². The number of likely N-dealkylation sites (N-methyl/N-ethyl adjacent to an activating group) is 1. The molecule has 1 aromatic heterocycles. The summed E-state index contributed by atoms with van der Waals surface area (Å²) in [6.07, 6.45) is 2.94. The van der Waals surface area contributed by atoms with Gasteiger partial charge < -0.3 is 24.0 Å². The molecular formula is C16H24N2O3. The second-order valence-electron chi connectivity index (χ2n) is 5.29. The van der Waals surface area contributed by atoms with Gasteiger partial charge in [-0.2, -0.15) is 0 Å². The zero-order valence-corrected chi connectivity index (χ0v) is 13.0. The topological polar surface area (TPSA) is 46.9 Å². The molecule has 21 heavy (non-hydrogen) atoms. The molecule has 2 rings (SSSR count). The molecule has 0 amide bonds. The number of phenols is 1. The first-order valence-electron chi connectivity index (χ1n) is 7.23. The monoisotopic (exact) mass is 292 g/mol. The molecule has 0 spiro atoms. The second-order valence-corrected chi connectivity index (χ2v) is 5.29. The van der Waals surface area contributed by atoms with E-state index in [0.717, 1.165) is 29.4 Å². The number of benzene rings is 1. The Bertz CT molecular complexity index is 578. The van der Waals surface area contributed by atoms with Crippen LogP contribution in [-0.4, -0.2) is 48.6 Å². The third kappa shape index (κ3) is 3.97. The van der Waals surface area contributed by atoms with Gasteiger partial charge in [0, 0.05) is 24.7 Å². The maximum absolute atomic E-state index is 10.1. The number of rotatable bonds is 8. The molecule has 1 heterocycles. The van der Waals surface area contributed by atoms with Crippen LogP contribution in [0.5, 0.6) is 5.75 Å². The third-order valence-corrected chi connectivity index (χ3v) is 3.39. The van der Waals surface area contributed by atoms with E-state index in [0.29, 0.717) is 19.1 Å². The summed E-state index contributed by atoms with van der Waals surface area (Å²) in [6.45, 7) is 4.21. The van der Waals surface area contributed by atoms with Gasteiger partial charge in [-0.05, 0) is 45.1 Å². The number of nitrogens with zero attached hydrogens (tertiary/aromatic N) is 2. The summed E-state index contributed by atoms with van der Waals surface area (Å²) in [6, 6.07) is 5.58. The SMILES string of the molecule is CCOCOCn1cc(CCN(C)C)c2c(O)cccc21. The van der Waals surface area contributed by atoms with Gasteiger partial charge in [0.05, 0.1) is 5.52 Å². The number of aromatic nitrogens is 1. The Morgan fingerprint density at radius 3 is 2.76 bits per heavy atom. The van der Waals surface area contributed by atoms with Crippen molar-refractivity contribution in [3.63, 3.8) is 0 Å². The minimum absolute atomic E-state index is 0.280. The summed E-state index contributed by atoms with van der Waals surface area (Å²) >= 11 is 0. The normalized spacial score (nSPS) is 11.6. The van der Waals surface area contributed by atoms with Gasteiger partial charge in [-0.1, -0.05) is 6.07 Å². The number of ether oxygens (including phenoxy) is 2. The maximum Gasteiger partial charge on any atom is 0.149 e. The Balaban J connectivity index is 2.22. The third-order valence-electron chi connectivity index (χ3n) is 3.39. The van der Waals surface area contributed by atoms with Crippen molar-refractivity contribution in [1.29, 1.82) is 0 Å². The zero-order valence-electron chi connectivity index (χ0n) is 13.0. The average Bonchev–Trinajstić information content (AvgIpc) is 2.81. The lowest BCUT2D eigenvalue weighted by Crippen LogP contribution is -2.14. The summed E-state index contributed by atoms with van der Waals surface area (Å²) in [5.41, 5.74) is 2.12. The lowest BCUT2D eigenvalue weighted by atomic mass is 10.1. The van der Waals surface area contributed by atoms with Gasteiger partial charge >= 0.3 is 0 Å². The van der Waals surface area contributed by atoms with Crippen LogP contribution in [0.2, 0.25) is 0 Å². The van der Waals surface area contributed by atoms with E-state index in [9.17, 15) is 5.11 Å². The highest BCUT2D eigenvalue weighted by molar-refractivity contribution is 5.89. The van der Waals surface area contributed by atoms with E-state index >= 15 is 0 Å². The van der Waals surface area contributed by atoms with E-state index in [1.54, 1.807) is 6.07 Å². The Morgan fingerprint density at radius 2 is 2.05 bits per heavy atom. The molecule has 116 valence electrons. The molecule has 0 saturated heterocycles. The average molecular weight is 292 g/mol. The number of aromatic hydroxyl groups is 1. The Hall–Kier alpha value is -1.56. The fourth-order valence-corrected chi connectivity index (χ4v) is 2.34. The highest BCUT2D eigenvalue weighted by atomic mass is 16.7. The van der Waals surface area contributed by atoms with Gasteiger partial charge in [0.25, 0.3) is 0 Å². The first-order chi connectivity index (χ1) is 10.1. The quantitative estimate of drug-likeness (QED) is 0.599. The van der Waals surface area contributed by atoms with Gasteiger partial charge in [0.1, 0.15) is 19.3 Å². The van der Waals surface area contributed by atoms with Crippen molar-refractivity contribution < 1.29 is 14.6 Å². The molecule has 0 unspecified atom stereocenters. The molecule has 0 saturated carbocycles. The van der Waals surface area contributed by atoms with Crippen molar-refractivity contribution >= 4 is 10.9 Å². The second kappa shape index (κ2) is 7.45. The standard InChI is InChI=1S/C16H24N2O3/c1-4-20-12-21-11-18-10-13(8-9-17(2)3)16-14(18)6-5-7-15(16)19/h5-7,10,19H,4,8-9,11-12H2,1-3H3. The van der Waals surface area contributed by atoms with E-state index in [1.807, 2.05) is 37.7 Å². The highest BCUT2D eigenvalue weighted by Crippen LogP contribution is 2.30. The van der Waals surface area contributed by atoms with Crippen LogP contribution < -0.4 is 0 Å².